The molecule has 3 heteroatoms. The number of esters is 1. The fourth-order valence-electron chi connectivity index (χ4n) is 0.592. The lowest BCUT2D eigenvalue weighted by atomic mass is 10.1. The summed E-state index contributed by atoms with van der Waals surface area (Å²) >= 11 is 0. The first-order valence-electron chi connectivity index (χ1n) is 4.15. The molecule has 0 bridgehead atoms. The smallest absolute Gasteiger partial charge is 0.311 e. The van der Waals surface area contributed by atoms with E-state index in [4.69, 9.17) is 9.84 Å². The highest BCUT2D eigenvalue weighted by Gasteiger charge is 2.24. The van der Waals surface area contributed by atoms with Gasteiger partial charge in [0.1, 0.15) is 5.60 Å². The van der Waals surface area contributed by atoms with Gasteiger partial charge in [-0.25, -0.2) is 0 Å². The largest absolute Gasteiger partial charge is 0.460 e. The summed E-state index contributed by atoms with van der Waals surface area (Å²) in [5.74, 6) is -0.804. The van der Waals surface area contributed by atoms with E-state index in [2.05, 4.69) is 0 Å². The Bertz CT molecular complexity index is 156. The summed E-state index contributed by atoms with van der Waals surface area (Å²) in [5, 5.41) is 9.09. The van der Waals surface area contributed by atoms with Gasteiger partial charge in [0, 0.05) is 0 Å². The maximum atomic E-state index is 11.2. The Balaban J connectivity index is 4.05. The molecule has 0 radical (unpaired) electrons. The first kappa shape index (κ1) is 11.4. The van der Waals surface area contributed by atoms with Gasteiger partial charge in [0.2, 0.25) is 0 Å². The molecule has 0 aromatic rings. The van der Waals surface area contributed by atoms with Crippen molar-refractivity contribution in [3.63, 3.8) is 0 Å². The number of hydrogen-bond acceptors (Lipinski definition) is 3. The van der Waals surface area contributed by atoms with Gasteiger partial charge >= 0.3 is 5.97 Å². The van der Waals surface area contributed by atoms with Crippen molar-refractivity contribution < 1.29 is 14.6 Å². The van der Waals surface area contributed by atoms with E-state index < -0.39 is 17.6 Å². The predicted molar refractivity (Wildman–Crippen MR) is 46.7 cm³/mol. The van der Waals surface area contributed by atoms with Crippen molar-refractivity contribution >= 4 is 5.97 Å². The molecule has 0 heterocycles. The second kappa shape index (κ2) is 3.90. The van der Waals surface area contributed by atoms with Crippen LogP contribution in [0, 0.1) is 5.92 Å². The second-order valence-electron chi connectivity index (χ2n) is 4.06. The molecule has 0 spiro atoms. The van der Waals surface area contributed by atoms with Crippen molar-refractivity contribution in [1.82, 2.24) is 0 Å². The Labute approximate surface area is 73.7 Å². The zero-order valence-corrected chi connectivity index (χ0v) is 8.42. The molecule has 3 nitrogen and oxygen atoms in total. The van der Waals surface area contributed by atoms with Crippen LogP contribution in [0.25, 0.3) is 0 Å². The molecule has 72 valence electrons. The van der Waals surface area contributed by atoms with Crippen molar-refractivity contribution in [2.24, 2.45) is 5.92 Å². The Hall–Kier alpha value is -0.570. The molecule has 0 saturated carbocycles. The minimum Gasteiger partial charge on any atom is -0.460 e. The fraction of sp³-hybridized carbons (Fsp3) is 0.889. The van der Waals surface area contributed by atoms with E-state index in [9.17, 15) is 4.79 Å². The summed E-state index contributed by atoms with van der Waals surface area (Å²) < 4.78 is 5.06. The van der Waals surface area contributed by atoms with Crippen LogP contribution in [-0.2, 0) is 9.53 Å². The van der Waals surface area contributed by atoms with Crippen LogP contribution in [0.2, 0.25) is 0 Å². The summed E-state index contributed by atoms with van der Waals surface area (Å²) in [4.78, 5) is 11.2. The Kier molecular flexibility index (Phi) is 3.71. The van der Waals surface area contributed by atoms with Gasteiger partial charge in [-0.15, -0.1) is 0 Å². The van der Waals surface area contributed by atoms with Crippen molar-refractivity contribution in [1.29, 1.82) is 0 Å². The number of hydrogen-bond donors (Lipinski definition) is 1. The van der Waals surface area contributed by atoms with Crippen LogP contribution in [0.4, 0.5) is 0 Å². The van der Waals surface area contributed by atoms with Crippen molar-refractivity contribution in [2.45, 2.75) is 46.3 Å². The minimum atomic E-state index is -0.653. The predicted octanol–water partition coefficient (Wildman–Crippen LogP) is 1.34. The standard InChI is InChI=1S/C9H18O3/c1-6(7(2)10)8(11)12-9(3,4)5/h6-7,10H,1-5H3/t6-,7-/m0/s1. The quantitative estimate of drug-likeness (QED) is 0.643. The summed E-state index contributed by atoms with van der Waals surface area (Å²) in [6, 6.07) is 0. The van der Waals surface area contributed by atoms with Crippen LogP contribution in [-0.4, -0.2) is 22.8 Å². The first-order chi connectivity index (χ1) is 5.24. The van der Waals surface area contributed by atoms with E-state index in [1.54, 1.807) is 34.6 Å². The van der Waals surface area contributed by atoms with Gasteiger partial charge in [0.15, 0.2) is 0 Å². The lowest BCUT2D eigenvalue weighted by Gasteiger charge is -2.23. The van der Waals surface area contributed by atoms with Gasteiger partial charge in [-0.3, -0.25) is 4.79 Å². The number of ether oxygens (including phenoxy) is 1. The topological polar surface area (TPSA) is 46.5 Å². The summed E-state index contributed by atoms with van der Waals surface area (Å²) in [6.07, 6.45) is -0.653. The molecule has 1 N–H and O–H groups in total. The molecule has 0 unspecified atom stereocenters. The van der Waals surface area contributed by atoms with E-state index >= 15 is 0 Å². The van der Waals surface area contributed by atoms with Gasteiger partial charge in [-0.1, -0.05) is 0 Å². The zero-order valence-electron chi connectivity index (χ0n) is 8.42. The van der Waals surface area contributed by atoms with Crippen molar-refractivity contribution in [2.75, 3.05) is 0 Å². The molecule has 0 aliphatic carbocycles. The van der Waals surface area contributed by atoms with Gasteiger partial charge in [-0.2, -0.15) is 0 Å². The molecule has 0 aliphatic heterocycles. The Morgan fingerprint density at radius 3 is 2.00 bits per heavy atom. The van der Waals surface area contributed by atoms with Crippen LogP contribution in [0.5, 0.6) is 0 Å². The molecule has 0 saturated heterocycles. The Morgan fingerprint density at radius 1 is 1.33 bits per heavy atom. The lowest BCUT2D eigenvalue weighted by Crippen LogP contribution is -2.32. The number of carbonyl (C=O) groups excluding carboxylic acids is 1. The average molecular weight is 174 g/mol. The van der Waals surface area contributed by atoms with E-state index in [1.165, 1.54) is 0 Å². The number of aliphatic hydroxyl groups excluding tert-OH is 1. The van der Waals surface area contributed by atoms with Crippen LogP contribution in [0.1, 0.15) is 34.6 Å². The van der Waals surface area contributed by atoms with Crippen LogP contribution in [0.3, 0.4) is 0 Å². The molecule has 2 atom stereocenters. The fourth-order valence-corrected chi connectivity index (χ4v) is 0.592. The summed E-state index contributed by atoms with van der Waals surface area (Å²) in [6.45, 7) is 8.65. The second-order valence-corrected chi connectivity index (χ2v) is 4.06. The molecule has 12 heavy (non-hydrogen) atoms. The maximum absolute atomic E-state index is 11.2. The molecular weight excluding hydrogens is 156 g/mol. The third-order valence-corrected chi connectivity index (χ3v) is 1.50. The highest BCUT2D eigenvalue weighted by atomic mass is 16.6. The van der Waals surface area contributed by atoms with E-state index in [-0.39, 0.29) is 5.97 Å². The molecule has 0 aromatic heterocycles. The van der Waals surface area contributed by atoms with Crippen molar-refractivity contribution in [3.8, 4) is 0 Å². The number of rotatable bonds is 2. The normalized spacial score (nSPS) is 16.8. The Morgan fingerprint density at radius 2 is 1.75 bits per heavy atom. The number of carbonyl (C=O) groups is 1. The average Bonchev–Trinajstić information content (AvgIpc) is 1.82. The van der Waals surface area contributed by atoms with Gasteiger partial charge in [-0.05, 0) is 34.6 Å². The lowest BCUT2D eigenvalue weighted by molar-refractivity contribution is -0.162. The van der Waals surface area contributed by atoms with E-state index in [0.717, 1.165) is 0 Å². The van der Waals surface area contributed by atoms with E-state index in [1.807, 2.05) is 0 Å². The third-order valence-electron chi connectivity index (χ3n) is 1.50. The van der Waals surface area contributed by atoms with Crippen LogP contribution >= 0.6 is 0 Å². The SMILES string of the molecule is C[C@H](O)[C@H](C)C(=O)OC(C)(C)C. The van der Waals surface area contributed by atoms with Crippen LogP contribution in [0.15, 0.2) is 0 Å². The molecule has 0 fully saturated rings. The number of aliphatic hydroxyl groups is 1. The summed E-state index contributed by atoms with van der Waals surface area (Å²) in [7, 11) is 0. The minimum absolute atomic E-state index is 0.350. The van der Waals surface area contributed by atoms with Gasteiger partial charge < -0.3 is 9.84 Å². The monoisotopic (exact) mass is 174 g/mol. The molecule has 0 rings (SSSR count). The zero-order chi connectivity index (χ0) is 9.94. The molecule has 0 aromatic carbocycles. The van der Waals surface area contributed by atoms with Gasteiger partial charge in [0.25, 0.3) is 0 Å². The molecular formula is C9H18O3. The third kappa shape index (κ3) is 4.34. The highest BCUT2D eigenvalue weighted by molar-refractivity contribution is 5.73. The van der Waals surface area contributed by atoms with Gasteiger partial charge in [0.05, 0.1) is 12.0 Å². The molecule has 0 aliphatic rings. The van der Waals surface area contributed by atoms with Crippen LogP contribution < -0.4 is 0 Å². The summed E-state index contributed by atoms with van der Waals surface area (Å²) in [5.41, 5.74) is -0.472. The van der Waals surface area contributed by atoms with Crippen molar-refractivity contribution in [3.05, 3.63) is 0 Å². The van der Waals surface area contributed by atoms with E-state index in [0.29, 0.717) is 0 Å². The first-order valence-corrected chi connectivity index (χ1v) is 4.15. The highest BCUT2D eigenvalue weighted by Crippen LogP contribution is 2.13. The molecule has 0 amide bonds. The maximum Gasteiger partial charge on any atom is 0.311 e.